The van der Waals surface area contributed by atoms with Crippen molar-refractivity contribution in [3.8, 4) is 0 Å². The van der Waals surface area contributed by atoms with Crippen LogP contribution in [0.4, 0.5) is 0 Å². The highest BCUT2D eigenvalue weighted by molar-refractivity contribution is 7.91. The van der Waals surface area contributed by atoms with E-state index >= 15 is 0 Å². The summed E-state index contributed by atoms with van der Waals surface area (Å²) in [4.78, 5) is 11.3. The minimum atomic E-state index is -3.07. The molecular weight excluding hydrogens is 202 g/mol. The molecule has 0 aromatic carbocycles. The summed E-state index contributed by atoms with van der Waals surface area (Å²) >= 11 is 0. The van der Waals surface area contributed by atoms with Gasteiger partial charge in [0.1, 0.15) is 9.84 Å². The maximum atomic E-state index is 11.3. The van der Waals surface area contributed by atoms with Crippen molar-refractivity contribution in [2.24, 2.45) is 5.73 Å². The maximum Gasteiger partial charge on any atom is 0.150 e. The molecule has 0 aromatic rings. The van der Waals surface area contributed by atoms with Crippen LogP contribution in [0.2, 0.25) is 0 Å². The van der Waals surface area contributed by atoms with Gasteiger partial charge in [-0.25, -0.2) is 8.42 Å². The second-order valence-corrected chi connectivity index (χ2v) is 5.56. The molecule has 0 aromatic heterocycles. The Morgan fingerprint density at radius 3 is 2.57 bits per heavy atom. The zero-order valence-electron chi connectivity index (χ0n) is 8.40. The molecule has 5 heteroatoms. The van der Waals surface area contributed by atoms with Crippen molar-refractivity contribution >= 4 is 15.6 Å². The normalized spacial score (nSPS) is 13.6. The number of ketones is 1. The van der Waals surface area contributed by atoms with Gasteiger partial charge in [-0.05, 0) is 6.42 Å². The van der Waals surface area contributed by atoms with E-state index in [4.69, 9.17) is 5.73 Å². The quantitative estimate of drug-likeness (QED) is 0.624. The number of nitrogens with two attached hydrogens (primary N) is 1. The van der Waals surface area contributed by atoms with Gasteiger partial charge in [-0.3, -0.25) is 4.79 Å². The van der Waals surface area contributed by atoms with Crippen LogP contribution in [0.5, 0.6) is 0 Å². The van der Waals surface area contributed by atoms with Gasteiger partial charge in [0.2, 0.25) is 0 Å². The first-order valence-corrected chi connectivity index (χ1v) is 6.34. The summed E-state index contributed by atoms with van der Waals surface area (Å²) in [7, 11) is -3.07. The Balaban J connectivity index is 4.03. The predicted octanol–water partition coefficient (Wildman–Crippen LogP) is 0.284. The van der Waals surface area contributed by atoms with Gasteiger partial charge in [-0.15, -0.1) is 6.58 Å². The Bertz CT molecular complexity index is 295. The first-order valence-electron chi connectivity index (χ1n) is 4.52. The van der Waals surface area contributed by atoms with Gasteiger partial charge in [-0.1, -0.05) is 13.0 Å². The fourth-order valence-electron chi connectivity index (χ4n) is 0.897. The number of hydrogen-bond donors (Lipinski definition) is 1. The largest absolute Gasteiger partial charge is 0.321 e. The summed E-state index contributed by atoms with van der Waals surface area (Å²) in [5.41, 5.74) is 5.48. The van der Waals surface area contributed by atoms with E-state index in [1.54, 1.807) is 13.0 Å². The van der Waals surface area contributed by atoms with Crippen LogP contribution in [-0.2, 0) is 14.6 Å². The van der Waals surface area contributed by atoms with Crippen molar-refractivity contribution in [1.82, 2.24) is 0 Å². The summed E-state index contributed by atoms with van der Waals surface area (Å²) in [6, 6.07) is -0.612. The molecule has 0 heterocycles. The van der Waals surface area contributed by atoms with Crippen LogP contribution in [0.3, 0.4) is 0 Å². The molecule has 4 nitrogen and oxygen atoms in total. The highest BCUT2D eigenvalue weighted by atomic mass is 32.2. The molecule has 0 amide bonds. The average Bonchev–Trinajstić information content (AvgIpc) is 2.15. The van der Waals surface area contributed by atoms with Gasteiger partial charge in [-0.2, -0.15) is 0 Å². The first kappa shape index (κ1) is 13.3. The molecule has 0 saturated heterocycles. The molecule has 1 atom stereocenters. The van der Waals surface area contributed by atoms with Crippen molar-refractivity contribution in [1.29, 1.82) is 0 Å². The average molecular weight is 219 g/mol. The molecule has 0 bridgehead atoms. The van der Waals surface area contributed by atoms with Gasteiger partial charge >= 0.3 is 0 Å². The van der Waals surface area contributed by atoms with Crippen LogP contribution < -0.4 is 5.73 Å². The highest BCUT2D eigenvalue weighted by Crippen LogP contribution is 1.99. The van der Waals surface area contributed by atoms with Gasteiger partial charge in [0.25, 0.3) is 0 Å². The smallest absolute Gasteiger partial charge is 0.150 e. The van der Waals surface area contributed by atoms with E-state index in [-0.39, 0.29) is 23.7 Å². The Morgan fingerprint density at radius 2 is 2.14 bits per heavy atom. The topological polar surface area (TPSA) is 77.2 Å². The van der Waals surface area contributed by atoms with Crippen LogP contribution in [0.15, 0.2) is 12.7 Å². The number of carbonyl (C=O) groups is 1. The van der Waals surface area contributed by atoms with Crippen LogP contribution >= 0.6 is 0 Å². The lowest BCUT2D eigenvalue weighted by molar-refractivity contribution is -0.119. The van der Waals surface area contributed by atoms with Gasteiger partial charge in [0.05, 0.1) is 11.8 Å². The summed E-state index contributed by atoms with van der Waals surface area (Å²) in [6.45, 7) is 5.02. The second-order valence-electron chi connectivity index (χ2n) is 3.08. The predicted molar refractivity (Wildman–Crippen MR) is 56.7 cm³/mol. The van der Waals surface area contributed by atoms with Crippen LogP contribution in [0.25, 0.3) is 0 Å². The molecule has 0 rings (SSSR count). The Morgan fingerprint density at radius 1 is 1.57 bits per heavy atom. The first-order chi connectivity index (χ1) is 6.43. The molecule has 0 fully saturated rings. The molecule has 1 unspecified atom stereocenters. The molecular formula is C9H17NO3S. The van der Waals surface area contributed by atoms with E-state index in [1.807, 2.05) is 0 Å². The molecule has 0 saturated carbocycles. The van der Waals surface area contributed by atoms with Crippen molar-refractivity contribution in [2.75, 3.05) is 11.5 Å². The maximum absolute atomic E-state index is 11.3. The fourth-order valence-corrected chi connectivity index (χ4v) is 1.70. The third-order valence-corrected chi connectivity index (χ3v) is 3.64. The van der Waals surface area contributed by atoms with Crippen molar-refractivity contribution < 1.29 is 13.2 Å². The number of Topliss-reactive ketones (excluding diaryl/α,β-unsaturated/α-hetero) is 1. The summed E-state index contributed by atoms with van der Waals surface area (Å²) in [6.07, 6.45) is 1.95. The monoisotopic (exact) mass is 219 g/mol. The van der Waals surface area contributed by atoms with Crippen molar-refractivity contribution in [3.63, 3.8) is 0 Å². The van der Waals surface area contributed by atoms with Crippen molar-refractivity contribution in [3.05, 3.63) is 12.7 Å². The van der Waals surface area contributed by atoms with E-state index in [0.717, 1.165) is 0 Å². The highest BCUT2D eigenvalue weighted by Gasteiger charge is 2.15. The van der Waals surface area contributed by atoms with Gasteiger partial charge < -0.3 is 5.73 Å². The summed E-state index contributed by atoms with van der Waals surface area (Å²) < 4.78 is 22.1. The van der Waals surface area contributed by atoms with Crippen molar-refractivity contribution in [2.45, 2.75) is 25.8 Å². The molecule has 0 aliphatic carbocycles. The summed E-state index contributed by atoms with van der Waals surface area (Å²) in [5.74, 6) is -0.258. The molecule has 82 valence electrons. The van der Waals surface area contributed by atoms with E-state index in [2.05, 4.69) is 6.58 Å². The number of hydrogen-bond acceptors (Lipinski definition) is 4. The Hall–Kier alpha value is -0.680. The lowest BCUT2D eigenvalue weighted by Crippen LogP contribution is -2.31. The zero-order valence-corrected chi connectivity index (χ0v) is 9.22. The van der Waals surface area contributed by atoms with Crippen LogP contribution in [-0.4, -0.2) is 31.7 Å². The van der Waals surface area contributed by atoms with Gasteiger partial charge in [0.15, 0.2) is 5.78 Å². The lowest BCUT2D eigenvalue weighted by Gasteiger charge is -2.07. The third-order valence-electron chi connectivity index (χ3n) is 1.93. The second kappa shape index (κ2) is 5.93. The molecule has 2 N–H and O–H groups in total. The van der Waals surface area contributed by atoms with E-state index < -0.39 is 15.9 Å². The van der Waals surface area contributed by atoms with E-state index in [9.17, 15) is 13.2 Å². The molecule has 0 aliphatic heterocycles. The lowest BCUT2D eigenvalue weighted by atomic mass is 10.1. The number of rotatable bonds is 7. The minimum absolute atomic E-state index is 0.00514. The Kier molecular flexibility index (Phi) is 5.64. The molecule has 0 spiro atoms. The standard InChI is InChI=1S/C9H17NO3S/c1-3-5-8(10)9(11)6-7-14(12,13)4-2/h3,8H,1,4-7,10H2,2H3. The minimum Gasteiger partial charge on any atom is -0.321 e. The fraction of sp³-hybridized carbons (Fsp3) is 0.667. The Labute approximate surface area is 85.1 Å². The number of sulfone groups is 1. The summed E-state index contributed by atoms with van der Waals surface area (Å²) in [5, 5.41) is 0. The van der Waals surface area contributed by atoms with Gasteiger partial charge in [0, 0.05) is 12.2 Å². The zero-order chi connectivity index (χ0) is 11.2. The third kappa shape index (κ3) is 5.14. The molecule has 14 heavy (non-hydrogen) atoms. The molecule has 0 radical (unpaired) electrons. The van der Waals surface area contributed by atoms with E-state index in [1.165, 1.54) is 0 Å². The SMILES string of the molecule is C=CCC(N)C(=O)CCS(=O)(=O)CC. The number of carbonyl (C=O) groups excluding carboxylic acids is 1. The van der Waals surface area contributed by atoms with E-state index in [0.29, 0.717) is 6.42 Å². The van der Waals surface area contributed by atoms with Crippen LogP contribution in [0.1, 0.15) is 19.8 Å². The van der Waals surface area contributed by atoms with Crippen LogP contribution in [0, 0.1) is 0 Å². The molecule has 0 aliphatic rings.